The van der Waals surface area contributed by atoms with Gasteiger partial charge < -0.3 is 18.9 Å². The quantitative estimate of drug-likeness (QED) is 0.703. The van der Waals surface area contributed by atoms with Gasteiger partial charge in [-0.3, -0.25) is 9.59 Å². The Balaban J connectivity index is 1.80. The normalized spacial score (nSPS) is 30.7. The third kappa shape index (κ3) is 4.59. The van der Waals surface area contributed by atoms with Crippen LogP contribution in [0, 0.1) is 11.3 Å². The number of ketones is 2. The molecule has 6 nitrogen and oxygen atoms in total. The number of hydrogen-bond acceptors (Lipinski definition) is 6. The summed E-state index contributed by atoms with van der Waals surface area (Å²) in [4.78, 5) is 23.6. The van der Waals surface area contributed by atoms with E-state index in [0.29, 0.717) is 13.2 Å². The Morgan fingerprint density at radius 2 is 1.48 bits per heavy atom. The van der Waals surface area contributed by atoms with E-state index in [1.54, 1.807) is 0 Å². The number of carbonyl (C=O) groups is 2. The van der Waals surface area contributed by atoms with Crippen LogP contribution in [0.4, 0.5) is 0 Å². The van der Waals surface area contributed by atoms with Gasteiger partial charge in [0.25, 0.3) is 0 Å². The molecule has 0 aromatic carbocycles. The molecule has 2 rings (SSSR count). The second-order valence-corrected chi connectivity index (χ2v) is 7.59. The van der Waals surface area contributed by atoms with Gasteiger partial charge in [0, 0.05) is 11.3 Å². The summed E-state index contributed by atoms with van der Waals surface area (Å²) in [5.74, 6) is 0.0707. The summed E-state index contributed by atoms with van der Waals surface area (Å²) in [5.41, 5.74) is -0.418. The predicted octanol–water partition coefficient (Wildman–Crippen LogP) is 1.39. The van der Waals surface area contributed by atoms with Crippen LogP contribution in [0.25, 0.3) is 0 Å². The predicted molar refractivity (Wildman–Crippen MR) is 83.3 cm³/mol. The molecule has 2 saturated heterocycles. The number of ether oxygens (including phenoxy) is 4. The van der Waals surface area contributed by atoms with Crippen molar-refractivity contribution in [2.45, 2.75) is 59.0 Å². The Labute approximate surface area is 137 Å². The lowest BCUT2D eigenvalue weighted by atomic mass is 9.91. The fourth-order valence-electron chi connectivity index (χ4n) is 2.47. The zero-order chi connectivity index (χ0) is 17.2. The minimum Gasteiger partial charge on any atom is -0.370 e. The van der Waals surface area contributed by atoms with Crippen molar-refractivity contribution < 1.29 is 28.5 Å². The Morgan fingerprint density at radius 1 is 1.00 bits per heavy atom. The number of Topliss-reactive ketones (excluding diaryl/α,β-unsaturated/α-hetero) is 2. The van der Waals surface area contributed by atoms with E-state index >= 15 is 0 Å². The summed E-state index contributed by atoms with van der Waals surface area (Å²) in [6.45, 7) is 10.2. The van der Waals surface area contributed by atoms with Gasteiger partial charge in [0.05, 0.1) is 13.2 Å². The van der Waals surface area contributed by atoms with Crippen LogP contribution in [0.5, 0.6) is 0 Å². The summed E-state index contributed by atoms with van der Waals surface area (Å²) >= 11 is 0. The van der Waals surface area contributed by atoms with Crippen LogP contribution < -0.4 is 0 Å². The Kier molecular flexibility index (Phi) is 5.94. The lowest BCUT2D eigenvalue weighted by Crippen LogP contribution is -2.36. The Bertz CT molecular complexity index is 439. The summed E-state index contributed by atoms with van der Waals surface area (Å²) in [6.07, 6.45) is -0.984. The van der Waals surface area contributed by atoms with E-state index in [0.717, 1.165) is 0 Å². The molecule has 23 heavy (non-hydrogen) atoms. The van der Waals surface area contributed by atoms with E-state index in [9.17, 15) is 9.59 Å². The molecule has 132 valence electrons. The first-order valence-electron chi connectivity index (χ1n) is 8.22. The largest absolute Gasteiger partial charge is 0.370 e. The Morgan fingerprint density at radius 3 is 1.91 bits per heavy atom. The van der Waals surface area contributed by atoms with Crippen molar-refractivity contribution in [3.63, 3.8) is 0 Å². The third-order valence-electron chi connectivity index (χ3n) is 4.31. The smallest absolute Gasteiger partial charge is 0.163 e. The number of rotatable bonds is 7. The summed E-state index contributed by atoms with van der Waals surface area (Å²) in [5, 5.41) is 0. The van der Waals surface area contributed by atoms with Crippen molar-refractivity contribution in [3.05, 3.63) is 0 Å². The molecule has 0 amide bonds. The molecule has 0 aromatic heterocycles. The highest BCUT2D eigenvalue weighted by Crippen LogP contribution is 2.31. The maximum Gasteiger partial charge on any atom is 0.163 e. The van der Waals surface area contributed by atoms with Crippen LogP contribution in [0.15, 0.2) is 0 Å². The summed E-state index contributed by atoms with van der Waals surface area (Å²) in [7, 11) is 0. The average Bonchev–Trinajstić information content (AvgIpc) is 3.03. The van der Waals surface area contributed by atoms with Crippen LogP contribution in [0.2, 0.25) is 0 Å². The van der Waals surface area contributed by atoms with Crippen molar-refractivity contribution in [1.82, 2.24) is 0 Å². The highest BCUT2D eigenvalue weighted by atomic mass is 16.6. The minimum absolute atomic E-state index is 0.0443. The van der Waals surface area contributed by atoms with E-state index in [2.05, 4.69) is 0 Å². The molecule has 2 heterocycles. The van der Waals surface area contributed by atoms with Crippen molar-refractivity contribution in [2.75, 3.05) is 26.4 Å². The molecule has 2 fully saturated rings. The van der Waals surface area contributed by atoms with E-state index in [-0.39, 0.29) is 55.1 Å². The van der Waals surface area contributed by atoms with Crippen LogP contribution in [-0.2, 0) is 28.5 Å². The number of carbonyl (C=O) groups excluding carboxylic acids is 2. The highest BCUT2D eigenvalue weighted by molar-refractivity contribution is 5.84. The first-order valence-corrected chi connectivity index (χ1v) is 8.22. The third-order valence-corrected chi connectivity index (χ3v) is 4.31. The molecule has 0 N–H and O–H groups in total. The van der Waals surface area contributed by atoms with Gasteiger partial charge in [-0.25, -0.2) is 0 Å². The Hall–Kier alpha value is -0.820. The SMILES string of the molecule is CC(C)C(=O)CO[C@@H]1CO[C@H]2[C@@H]1OC[C@@H]2OCC(=O)C(C)(C)C. The molecule has 0 unspecified atom stereocenters. The molecule has 2 aliphatic rings. The molecule has 0 radical (unpaired) electrons. The van der Waals surface area contributed by atoms with Gasteiger partial charge in [0.15, 0.2) is 11.6 Å². The van der Waals surface area contributed by atoms with Crippen LogP contribution in [0.3, 0.4) is 0 Å². The van der Waals surface area contributed by atoms with E-state index in [1.807, 2.05) is 34.6 Å². The fourth-order valence-corrected chi connectivity index (χ4v) is 2.47. The minimum atomic E-state index is -0.418. The second kappa shape index (κ2) is 7.38. The van der Waals surface area contributed by atoms with E-state index in [4.69, 9.17) is 18.9 Å². The summed E-state index contributed by atoms with van der Waals surface area (Å²) < 4.78 is 22.8. The fraction of sp³-hybridized carbons (Fsp3) is 0.882. The van der Waals surface area contributed by atoms with E-state index < -0.39 is 5.41 Å². The topological polar surface area (TPSA) is 71.1 Å². The van der Waals surface area contributed by atoms with Gasteiger partial charge in [0.2, 0.25) is 0 Å². The second-order valence-electron chi connectivity index (χ2n) is 7.59. The van der Waals surface area contributed by atoms with Gasteiger partial charge in [-0.1, -0.05) is 34.6 Å². The number of hydrogen-bond donors (Lipinski definition) is 0. The van der Waals surface area contributed by atoms with Crippen LogP contribution in [0.1, 0.15) is 34.6 Å². The van der Waals surface area contributed by atoms with Gasteiger partial charge in [-0.2, -0.15) is 0 Å². The van der Waals surface area contributed by atoms with Gasteiger partial charge in [-0.15, -0.1) is 0 Å². The van der Waals surface area contributed by atoms with E-state index in [1.165, 1.54) is 0 Å². The van der Waals surface area contributed by atoms with Crippen LogP contribution >= 0.6 is 0 Å². The van der Waals surface area contributed by atoms with Crippen LogP contribution in [-0.4, -0.2) is 62.4 Å². The molecule has 4 atom stereocenters. The monoisotopic (exact) mass is 328 g/mol. The zero-order valence-corrected chi connectivity index (χ0v) is 14.7. The molecule has 0 spiro atoms. The molecule has 6 heteroatoms. The first kappa shape index (κ1) is 18.5. The maximum absolute atomic E-state index is 12.0. The zero-order valence-electron chi connectivity index (χ0n) is 14.7. The lowest BCUT2D eigenvalue weighted by molar-refractivity contribution is -0.135. The molecule has 0 aromatic rings. The standard InChI is InChI=1S/C17H28O6/c1-10(2)11(18)6-20-12-7-22-16-13(8-23-15(12)16)21-9-14(19)17(3,4)5/h10,12-13,15-16H,6-9H2,1-5H3/t12-,13+,15-,16-/m1/s1. The summed E-state index contributed by atoms with van der Waals surface area (Å²) in [6, 6.07) is 0. The van der Waals surface area contributed by atoms with Crippen molar-refractivity contribution in [2.24, 2.45) is 11.3 Å². The highest BCUT2D eigenvalue weighted by Gasteiger charge is 2.49. The average molecular weight is 328 g/mol. The lowest BCUT2D eigenvalue weighted by Gasteiger charge is -2.20. The van der Waals surface area contributed by atoms with Gasteiger partial charge in [0.1, 0.15) is 37.6 Å². The van der Waals surface area contributed by atoms with Crippen molar-refractivity contribution >= 4 is 11.6 Å². The van der Waals surface area contributed by atoms with Gasteiger partial charge in [-0.05, 0) is 0 Å². The maximum atomic E-state index is 12.0. The van der Waals surface area contributed by atoms with Crippen molar-refractivity contribution in [1.29, 1.82) is 0 Å². The van der Waals surface area contributed by atoms with Gasteiger partial charge >= 0.3 is 0 Å². The molecule has 0 aliphatic carbocycles. The molecule has 0 bridgehead atoms. The number of fused-ring (bicyclic) bond motifs is 1. The first-order chi connectivity index (χ1) is 10.7. The molecule has 2 aliphatic heterocycles. The molecule has 0 saturated carbocycles. The van der Waals surface area contributed by atoms with Crippen molar-refractivity contribution in [3.8, 4) is 0 Å². The molecular weight excluding hydrogens is 300 g/mol. The molecular formula is C17H28O6.